The normalized spacial score (nSPS) is 17.6. The Morgan fingerprint density at radius 1 is 1.37 bits per heavy atom. The van der Waals surface area contributed by atoms with Gasteiger partial charge in [-0.3, -0.25) is 4.90 Å². The smallest absolute Gasteiger partial charge is 0.160 e. The molecule has 0 unspecified atom stereocenters. The van der Waals surface area contributed by atoms with Crippen molar-refractivity contribution in [2.75, 3.05) is 39.9 Å². The summed E-state index contributed by atoms with van der Waals surface area (Å²) >= 11 is 0. The highest BCUT2D eigenvalue weighted by molar-refractivity contribution is 5.85. The number of nitrogens with zero attached hydrogens (tertiary/aromatic N) is 1. The highest BCUT2D eigenvalue weighted by Gasteiger charge is 2.22. The van der Waals surface area contributed by atoms with Crippen LogP contribution in [0.5, 0.6) is 11.5 Å². The molecule has 0 saturated carbocycles. The van der Waals surface area contributed by atoms with Crippen molar-refractivity contribution in [1.82, 2.24) is 10.2 Å². The monoisotopic (exact) mass is 288 g/mol. The lowest BCUT2D eigenvalue weighted by Gasteiger charge is -2.34. The Labute approximate surface area is 119 Å². The van der Waals surface area contributed by atoms with Crippen LogP contribution in [0.2, 0.25) is 0 Å². The van der Waals surface area contributed by atoms with Crippen LogP contribution in [-0.4, -0.2) is 55.0 Å². The van der Waals surface area contributed by atoms with Crippen LogP contribution in [0.25, 0.3) is 0 Å². The highest BCUT2D eigenvalue weighted by Crippen LogP contribution is 2.30. The lowest BCUT2D eigenvalue weighted by molar-refractivity contribution is 0.110. The predicted molar refractivity (Wildman–Crippen MR) is 76.2 cm³/mol. The van der Waals surface area contributed by atoms with Crippen LogP contribution >= 0.6 is 12.4 Å². The summed E-state index contributed by atoms with van der Waals surface area (Å²) in [7, 11) is 1.52. The molecule has 108 valence electrons. The van der Waals surface area contributed by atoms with Crippen LogP contribution in [-0.2, 0) is 0 Å². The maximum atomic E-state index is 9.80. The topological polar surface area (TPSA) is 65.0 Å². The Balaban J connectivity index is 0.00000180. The van der Waals surface area contributed by atoms with Crippen LogP contribution < -0.4 is 10.1 Å². The van der Waals surface area contributed by atoms with Crippen LogP contribution in [0.3, 0.4) is 0 Å². The van der Waals surface area contributed by atoms with Crippen molar-refractivity contribution in [3.8, 4) is 11.5 Å². The van der Waals surface area contributed by atoms with E-state index in [2.05, 4.69) is 10.2 Å². The Bertz CT molecular complexity index is 397. The van der Waals surface area contributed by atoms with Gasteiger partial charge in [0.15, 0.2) is 11.5 Å². The van der Waals surface area contributed by atoms with E-state index >= 15 is 0 Å². The molecule has 3 N–H and O–H groups in total. The molecule has 2 rings (SSSR count). The van der Waals surface area contributed by atoms with E-state index < -0.39 is 0 Å². The molecule has 1 saturated heterocycles. The SMILES string of the molecule is COc1ccc([C@H](CO)N2CCNCC2)cc1O.Cl. The van der Waals surface area contributed by atoms with E-state index in [1.165, 1.54) is 7.11 Å². The molecular formula is C13H21ClN2O3. The van der Waals surface area contributed by atoms with Gasteiger partial charge >= 0.3 is 0 Å². The van der Waals surface area contributed by atoms with Crippen LogP contribution in [0.1, 0.15) is 11.6 Å². The zero-order valence-corrected chi connectivity index (χ0v) is 11.8. The minimum Gasteiger partial charge on any atom is -0.504 e. The summed E-state index contributed by atoms with van der Waals surface area (Å²) in [5, 5.41) is 22.7. The number of nitrogens with one attached hydrogen (secondary N) is 1. The summed E-state index contributed by atoms with van der Waals surface area (Å²) < 4.78 is 5.02. The molecule has 1 atom stereocenters. The van der Waals surface area contributed by atoms with Crippen molar-refractivity contribution in [2.24, 2.45) is 0 Å². The number of halogens is 1. The fourth-order valence-corrected chi connectivity index (χ4v) is 2.34. The number of methoxy groups -OCH3 is 1. The first-order chi connectivity index (χ1) is 8.76. The van der Waals surface area contributed by atoms with E-state index in [4.69, 9.17) is 4.74 Å². The number of aliphatic hydroxyl groups is 1. The van der Waals surface area contributed by atoms with Gasteiger partial charge < -0.3 is 20.3 Å². The van der Waals surface area contributed by atoms with Crippen LogP contribution in [0.4, 0.5) is 0 Å². The Kier molecular flexibility index (Phi) is 6.37. The lowest BCUT2D eigenvalue weighted by Crippen LogP contribution is -2.46. The van der Waals surface area contributed by atoms with Gasteiger partial charge in [-0.05, 0) is 17.7 Å². The average Bonchev–Trinajstić information content (AvgIpc) is 2.41. The van der Waals surface area contributed by atoms with Gasteiger partial charge in [0.2, 0.25) is 0 Å². The van der Waals surface area contributed by atoms with Crippen molar-refractivity contribution < 1.29 is 14.9 Å². The number of aliphatic hydroxyl groups excluding tert-OH is 1. The maximum absolute atomic E-state index is 9.80. The minimum absolute atomic E-state index is 0. The molecule has 5 nitrogen and oxygen atoms in total. The zero-order chi connectivity index (χ0) is 13.0. The number of aromatic hydroxyl groups is 1. The molecule has 1 aromatic rings. The van der Waals surface area contributed by atoms with Gasteiger partial charge in [-0.1, -0.05) is 6.07 Å². The second kappa shape index (κ2) is 7.55. The first-order valence-corrected chi connectivity index (χ1v) is 6.18. The van der Waals surface area contributed by atoms with Crippen molar-refractivity contribution in [3.05, 3.63) is 23.8 Å². The second-order valence-electron chi connectivity index (χ2n) is 4.42. The lowest BCUT2D eigenvalue weighted by atomic mass is 10.0. The Hall–Kier alpha value is -1.01. The summed E-state index contributed by atoms with van der Waals surface area (Å²) in [6.07, 6.45) is 0. The van der Waals surface area contributed by atoms with E-state index in [0.29, 0.717) is 5.75 Å². The zero-order valence-electron chi connectivity index (χ0n) is 11.0. The third-order valence-electron chi connectivity index (χ3n) is 3.35. The summed E-state index contributed by atoms with van der Waals surface area (Å²) in [4.78, 5) is 2.22. The molecule has 0 amide bonds. The van der Waals surface area contributed by atoms with Gasteiger partial charge in [0.05, 0.1) is 19.8 Å². The number of ether oxygens (including phenoxy) is 1. The van der Waals surface area contributed by atoms with Gasteiger partial charge in [-0.2, -0.15) is 0 Å². The van der Waals surface area contributed by atoms with Crippen molar-refractivity contribution in [3.63, 3.8) is 0 Å². The third kappa shape index (κ3) is 3.73. The molecular weight excluding hydrogens is 268 g/mol. The molecule has 0 spiro atoms. The molecule has 6 heteroatoms. The van der Waals surface area contributed by atoms with E-state index in [1.807, 2.05) is 6.07 Å². The molecule has 19 heavy (non-hydrogen) atoms. The standard InChI is InChI=1S/C13H20N2O3.ClH/c1-18-13-3-2-10(8-12(13)17)11(9-16)15-6-4-14-5-7-15;/h2-3,8,11,14,16-17H,4-7,9H2,1H3;1H/t11-;/m0./s1. The number of rotatable bonds is 4. The second-order valence-corrected chi connectivity index (χ2v) is 4.42. The molecule has 1 fully saturated rings. The number of phenols is 1. The first kappa shape index (κ1) is 16.0. The van der Waals surface area contributed by atoms with E-state index in [0.717, 1.165) is 31.7 Å². The summed E-state index contributed by atoms with van der Waals surface area (Å²) in [6.45, 7) is 3.71. The maximum Gasteiger partial charge on any atom is 0.160 e. The number of hydrogen-bond acceptors (Lipinski definition) is 5. The third-order valence-corrected chi connectivity index (χ3v) is 3.35. The molecule has 1 heterocycles. The number of benzene rings is 1. The van der Waals surface area contributed by atoms with E-state index in [9.17, 15) is 10.2 Å². The van der Waals surface area contributed by atoms with Gasteiger partial charge in [0.1, 0.15) is 0 Å². The predicted octanol–water partition coefficient (Wildman–Crippen LogP) is 0.761. The first-order valence-electron chi connectivity index (χ1n) is 6.18. The van der Waals surface area contributed by atoms with Gasteiger partial charge in [0, 0.05) is 26.2 Å². The highest BCUT2D eigenvalue weighted by atomic mass is 35.5. The molecule has 0 bridgehead atoms. The molecule has 0 aliphatic carbocycles. The van der Waals surface area contributed by atoms with Crippen LogP contribution in [0, 0.1) is 0 Å². The van der Waals surface area contributed by atoms with Crippen LogP contribution in [0.15, 0.2) is 18.2 Å². The molecule has 1 aliphatic heterocycles. The molecule has 1 aromatic carbocycles. The van der Waals surface area contributed by atoms with Gasteiger partial charge in [-0.25, -0.2) is 0 Å². The Morgan fingerprint density at radius 3 is 2.58 bits per heavy atom. The summed E-state index contributed by atoms with van der Waals surface area (Å²) in [5.41, 5.74) is 0.915. The number of hydrogen-bond donors (Lipinski definition) is 3. The van der Waals surface area contributed by atoms with E-state index in [1.54, 1.807) is 12.1 Å². The quantitative estimate of drug-likeness (QED) is 0.763. The summed E-state index contributed by atoms with van der Waals surface area (Å²) in [5.74, 6) is 0.569. The Morgan fingerprint density at radius 2 is 2.05 bits per heavy atom. The van der Waals surface area contributed by atoms with Crippen molar-refractivity contribution >= 4 is 12.4 Å². The summed E-state index contributed by atoms with van der Waals surface area (Å²) in [6, 6.07) is 5.22. The molecule has 0 radical (unpaired) electrons. The molecule has 1 aliphatic rings. The minimum atomic E-state index is -0.0658. The van der Waals surface area contributed by atoms with E-state index in [-0.39, 0.29) is 30.8 Å². The number of piperazine rings is 1. The number of phenolic OH excluding ortho intramolecular Hbond substituents is 1. The fraction of sp³-hybridized carbons (Fsp3) is 0.538. The average molecular weight is 289 g/mol. The fourth-order valence-electron chi connectivity index (χ4n) is 2.34. The van der Waals surface area contributed by atoms with Gasteiger partial charge in [0.25, 0.3) is 0 Å². The van der Waals surface area contributed by atoms with Crippen molar-refractivity contribution in [1.29, 1.82) is 0 Å². The van der Waals surface area contributed by atoms with Gasteiger partial charge in [-0.15, -0.1) is 12.4 Å². The molecule has 0 aromatic heterocycles. The van der Waals surface area contributed by atoms with Crippen molar-refractivity contribution in [2.45, 2.75) is 6.04 Å². The largest absolute Gasteiger partial charge is 0.504 e.